The molecule has 0 bridgehead atoms. The number of fused-ring (bicyclic) bond motifs is 2. The summed E-state index contributed by atoms with van der Waals surface area (Å²) < 4.78 is 43.6. The molecule has 0 aromatic heterocycles. The molecule has 0 spiro atoms. The molecule has 0 atom stereocenters. The van der Waals surface area contributed by atoms with Gasteiger partial charge in [0.05, 0.1) is 11.1 Å². The quantitative estimate of drug-likeness (QED) is 0.134. The summed E-state index contributed by atoms with van der Waals surface area (Å²) in [6, 6.07) is 14.5. The molecule has 0 N–H and O–H groups in total. The molecule has 4 aromatic rings. The third kappa shape index (κ3) is 6.75. The third-order valence-corrected chi connectivity index (χ3v) is 6.37. The monoisotopic (exact) mass is 564 g/mol. The summed E-state index contributed by atoms with van der Waals surface area (Å²) in [4.78, 5) is 24.1. The van der Waals surface area contributed by atoms with E-state index >= 15 is 0 Å². The summed E-state index contributed by atoms with van der Waals surface area (Å²) in [5.74, 6) is 1.93. The Morgan fingerprint density at radius 2 is 0.878 bits per heavy atom. The van der Waals surface area contributed by atoms with Gasteiger partial charge in [-0.15, -0.1) is 0 Å². The number of hydrogen-bond donors (Lipinski definition) is 0. The van der Waals surface area contributed by atoms with E-state index in [1.165, 1.54) is 28.4 Å². The van der Waals surface area contributed by atoms with Crippen LogP contribution in [0.3, 0.4) is 0 Å². The van der Waals surface area contributed by atoms with Gasteiger partial charge >= 0.3 is 0 Å². The van der Waals surface area contributed by atoms with Crippen molar-refractivity contribution in [1.82, 2.24) is 0 Å². The van der Waals surface area contributed by atoms with E-state index in [0.29, 0.717) is 40.5 Å². The number of ether oxygens (including phenoxy) is 8. The second-order valence-electron chi connectivity index (χ2n) is 8.92. The molecule has 0 aliphatic carbocycles. The van der Waals surface area contributed by atoms with Gasteiger partial charge in [0.2, 0.25) is 0 Å². The van der Waals surface area contributed by atoms with Gasteiger partial charge in [-0.25, -0.2) is 0 Å². The highest BCUT2D eigenvalue weighted by molar-refractivity contribution is 5.98. The van der Waals surface area contributed by atoms with Crippen molar-refractivity contribution in [3.63, 3.8) is 0 Å². The molecule has 0 saturated heterocycles. The van der Waals surface area contributed by atoms with E-state index in [1.807, 2.05) is 24.3 Å². The lowest BCUT2D eigenvalue weighted by Gasteiger charge is -2.19. The molecular weight excluding hydrogens is 532 g/mol. The number of carbonyl (C=O) groups is 2. The molecule has 0 unspecified atom stereocenters. The van der Waals surface area contributed by atoms with Crippen molar-refractivity contribution in [1.29, 1.82) is 0 Å². The Morgan fingerprint density at radius 1 is 0.512 bits per heavy atom. The molecule has 41 heavy (non-hydrogen) atoms. The fraction of sp³-hybridized carbons (Fsp3) is 0.290. The van der Waals surface area contributed by atoms with E-state index < -0.39 is 0 Å². The minimum Gasteiger partial charge on any atom is -0.467 e. The predicted octanol–water partition coefficient (Wildman–Crippen LogP) is 5.14. The van der Waals surface area contributed by atoms with E-state index in [2.05, 4.69) is 0 Å². The Hall–Kier alpha value is -4.22. The minimum absolute atomic E-state index is 0.000407. The first-order valence-corrected chi connectivity index (χ1v) is 12.6. The first kappa shape index (κ1) is 29.8. The van der Waals surface area contributed by atoms with Crippen LogP contribution in [0.15, 0.2) is 48.5 Å². The Labute approximate surface area is 237 Å². The maximum absolute atomic E-state index is 12.0. The largest absolute Gasteiger partial charge is 0.467 e. The standard InChI is InChI=1S/C31H32O10/c1-34-16-38-28-7-5-20-11-30(40-18-36-3)22(14-32)9-24(20)26(28)13-27-25-10-23(15-33)31(41-19-37-4)12-21(25)6-8-29(27)39-17-35-2/h5-12,14-15H,13,16-19H2,1-4H3. The molecule has 0 aliphatic rings. The van der Waals surface area contributed by atoms with Gasteiger partial charge in [-0.05, 0) is 57.9 Å². The summed E-state index contributed by atoms with van der Waals surface area (Å²) in [6.07, 6.45) is 1.79. The van der Waals surface area contributed by atoms with Gasteiger partial charge in [-0.3, -0.25) is 9.59 Å². The average molecular weight is 565 g/mol. The van der Waals surface area contributed by atoms with Crippen LogP contribution in [0.2, 0.25) is 0 Å². The molecule has 0 radical (unpaired) electrons. The molecular formula is C31H32O10. The summed E-state index contributed by atoms with van der Waals surface area (Å²) in [5.41, 5.74) is 2.28. The Morgan fingerprint density at radius 3 is 1.22 bits per heavy atom. The zero-order valence-corrected chi connectivity index (χ0v) is 23.4. The molecule has 10 heteroatoms. The molecule has 4 aromatic carbocycles. The van der Waals surface area contributed by atoms with Gasteiger partial charge in [-0.1, -0.05) is 12.1 Å². The first-order valence-electron chi connectivity index (χ1n) is 12.6. The summed E-state index contributed by atoms with van der Waals surface area (Å²) in [5, 5.41) is 3.20. The van der Waals surface area contributed by atoms with Crippen molar-refractivity contribution in [3.05, 3.63) is 70.8 Å². The highest BCUT2D eigenvalue weighted by atomic mass is 16.7. The lowest BCUT2D eigenvalue weighted by molar-refractivity contribution is 0.0496. The highest BCUT2D eigenvalue weighted by Gasteiger charge is 2.19. The molecule has 0 aliphatic heterocycles. The van der Waals surface area contributed by atoms with Crippen molar-refractivity contribution >= 4 is 34.1 Å². The Kier molecular flexibility index (Phi) is 10.5. The summed E-state index contributed by atoms with van der Waals surface area (Å²) in [6.45, 7) is 0.0391. The Bertz CT molecular complexity index is 1400. The number of methoxy groups -OCH3 is 4. The summed E-state index contributed by atoms with van der Waals surface area (Å²) >= 11 is 0. The lowest BCUT2D eigenvalue weighted by Crippen LogP contribution is -2.07. The third-order valence-electron chi connectivity index (χ3n) is 6.37. The molecule has 4 rings (SSSR count). The van der Waals surface area contributed by atoms with Crippen LogP contribution in [-0.4, -0.2) is 68.2 Å². The highest BCUT2D eigenvalue weighted by Crippen LogP contribution is 2.39. The number of hydrogen-bond acceptors (Lipinski definition) is 10. The van der Waals surface area contributed by atoms with Crippen LogP contribution in [0.25, 0.3) is 21.5 Å². The molecule has 0 fully saturated rings. The SMILES string of the molecule is COCOc1cc2ccc(OCOC)c(Cc3c(OCOC)ccc4cc(OCOC)c(C=O)cc34)c2cc1C=O. The van der Waals surface area contributed by atoms with Crippen molar-refractivity contribution in [2.24, 2.45) is 0 Å². The lowest BCUT2D eigenvalue weighted by atomic mass is 9.92. The van der Waals surface area contributed by atoms with Crippen LogP contribution < -0.4 is 18.9 Å². The normalized spacial score (nSPS) is 11.0. The van der Waals surface area contributed by atoms with Gasteiger partial charge < -0.3 is 37.9 Å². The Balaban J connectivity index is 1.95. The second kappa shape index (κ2) is 14.4. The van der Waals surface area contributed by atoms with Crippen LogP contribution in [-0.2, 0) is 25.4 Å². The van der Waals surface area contributed by atoms with Gasteiger partial charge in [0, 0.05) is 46.0 Å². The maximum atomic E-state index is 12.0. The van der Waals surface area contributed by atoms with Crippen LogP contribution in [0.4, 0.5) is 0 Å². The van der Waals surface area contributed by atoms with Crippen LogP contribution in [0, 0.1) is 0 Å². The van der Waals surface area contributed by atoms with E-state index in [4.69, 9.17) is 37.9 Å². The van der Waals surface area contributed by atoms with Crippen LogP contribution in [0.1, 0.15) is 31.8 Å². The topological polar surface area (TPSA) is 108 Å². The summed E-state index contributed by atoms with van der Waals surface area (Å²) in [7, 11) is 6.09. The first-order chi connectivity index (χ1) is 20.1. The van der Waals surface area contributed by atoms with E-state index in [9.17, 15) is 9.59 Å². The van der Waals surface area contributed by atoms with E-state index in [1.54, 1.807) is 24.3 Å². The van der Waals surface area contributed by atoms with Crippen molar-refractivity contribution in [2.45, 2.75) is 6.42 Å². The van der Waals surface area contributed by atoms with Gasteiger partial charge in [0.25, 0.3) is 0 Å². The molecule has 0 saturated carbocycles. The predicted molar refractivity (Wildman–Crippen MR) is 151 cm³/mol. The van der Waals surface area contributed by atoms with Gasteiger partial charge in [0.15, 0.2) is 39.7 Å². The van der Waals surface area contributed by atoms with Gasteiger partial charge in [0.1, 0.15) is 23.0 Å². The average Bonchev–Trinajstić information content (AvgIpc) is 3.00. The number of rotatable bonds is 16. The van der Waals surface area contributed by atoms with Gasteiger partial charge in [-0.2, -0.15) is 0 Å². The fourth-order valence-corrected chi connectivity index (χ4v) is 4.56. The van der Waals surface area contributed by atoms with Crippen molar-refractivity contribution in [3.8, 4) is 23.0 Å². The van der Waals surface area contributed by atoms with Crippen molar-refractivity contribution < 1.29 is 47.5 Å². The minimum atomic E-state index is -0.000407. The number of benzene rings is 4. The fourth-order valence-electron chi connectivity index (χ4n) is 4.56. The number of carbonyl (C=O) groups excluding carboxylic acids is 2. The maximum Gasteiger partial charge on any atom is 0.188 e. The van der Waals surface area contributed by atoms with Crippen molar-refractivity contribution in [2.75, 3.05) is 55.6 Å². The van der Waals surface area contributed by atoms with E-state index in [-0.39, 0.29) is 27.2 Å². The zero-order valence-electron chi connectivity index (χ0n) is 23.4. The molecule has 0 amide bonds. The molecule has 0 heterocycles. The molecule has 10 nitrogen and oxygen atoms in total. The van der Waals surface area contributed by atoms with Crippen LogP contribution in [0.5, 0.6) is 23.0 Å². The zero-order chi connectivity index (χ0) is 29.2. The van der Waals surface area contributed by atoms with E-state index in [0.717, 1.165) is 45.2 Å². The smallest absolute Gasteiger partial charge is 0.188 e. The van der Waals surface area contributed by atoms with Crippen LogP contribution >= 0.6 is 0 Å². The number of aldehydes is 2. The molecule has 216 valence electrons. The second-order valence-corrected chi connectivity index (χ2v) is 8.92.